The SMILES string of the molecule is Cc1cc(O)c(C(CCCCOC2CCCCO2)c2c(O)cc(C)oc2=O)c(=O)o1. The lowest BCUT2D eigenvalue weighted by Crippen LogP contribution is -2.23. The van der Waals surface area contributed by atoms with Gasteiger partial charge in [-0.1, -0.05) is 6.42 Å². The van der Waals surface area contributed by atoms with E-state index in [4.69, 9.17) is 18.3 Å². The van der Waals surface area contributed by atoms with E-state index in [1.807, 2.05) is 0 Å². The molecule has 1 atom stereocenters. The van der Waals surface area contributed by atoms with Gasteiger partial charge in [0.05, 0.1) is 11.1 Å². The van der Waals surface area contributed by atoms with Crippen LogP contribution in [-0.2, 0) is 9.47 Å². The third kappa shape index (κ3) is 5.31. The number of aryl methyl sites for hydroxylation is 2. The maximum Gasteiger partial charge on any atom is 0.343 e. The number of ether oxygens (including phenoxy) is 2. The van der Waals surface area contributed by atoms with Gasteiger partial charge in [0.1, 0.15) is 23.0 Å². The van der Waals surface area contributed by atoms with Gasteiger partial charge < -0.3 is 28.5 Å². The van der Waals surface area contributed by atoms with E-state index in [0.717, 1.165) is 19.3 Å². The zero-order chi connectivity index (χ0) is 21.7. The van der Waals surface area contributed by atoms with E-state index in [2.05, 4.69) is 0 Å². The summed E-state index contributed by atoms with van der Waals surface area (Å²) in [7, 11) is 0. The highest BCUT2D eigenvalue weighted by Gasteiger charge is 2.29. The molecule has 1 aliphatic rings. The maximum absolute atomic E-state index is 12.5. The molecule has 0 spiro atoms. The Bertz CT molecular complexity index is 903. The molecule has 0 bridgehead atoms. The highest BCUT2D eigenvalue weighted by molar-refractivity contribution is 5.43. The molecule has 164 valence electrons. The molecule has 0 saturated carbocycles. The number of hydrogen-bond acceptors (Lipinski definition) is 8. The van der Waals surface area contributed by atoms with E-state index in [-0.39, 0.29) is 40.4 Å². The number of rotatable bonds is 8. The van der Waals surface area contributed by atoms with Crippen LogP contribution < -0.4 is 11.3 Å². The lowest BCUT2D eigenvalue weighted by atomic mass is 9.87. The molecular weight excluding hydrogens is 392 g/mol. The van der Waals surface area contributed by atoms with Crippen LogP contribution in [0.5, 0.6) is 11.5 Å². The van der Waals surface area contributed by atoms with E-state index >= 15 is 0 Å². The predicted octanol–water partition coefficient (Wildman–Crippen LogP) is 3.47. The van der Waals surface area contributed by atoms with Gasteiger partial charge >= 0.3 is 11.3 Å². The molecule has 2 N–H and O–H groups in total. The van der Waals surface area contributed by atoms with Gasteiger partial charge in [-0.2, -0.15) is 0 Å². The molecule has 30 heavy (non-hydrogen) atoms. The predicted molar refractivity (Wildman–Crippen MR) is 108 cm³/mol. The van der Waals surface area contributed by atoms with Crippen LogP contribution in [0, 0.1) is 13.8 Å². The molecule has 1 unspecified atom stereocenters. The van der Waals surface area contributed by atoms with Gasteiger partial charge in [-0.25, -0.2) is 9.59 Å². The van der Waals surface area contributed by atoms with Gasteiger partial charge in [0.15, 0.2) is 6.29 Å². The summed E-state index contributed by atoms with van der Waals surface area (Å²) in [5.74, 6) is -0.924. The maximum atomic E-state index is 12.5. The summed E-state index contributed by atoms with van der Waals surface area (Å²) in [6, 6.07) is 2.64. The van der Waals surface area contributed by atoms with Gasteiger partial charge in [0.2, 0.25) is 0 Å². The number of aromatic hydroxyl groups is 2. The molecule has 8 heteroatoms. The van der Waals surface area contributed by atoms with E-state index in [1.54, 1.807) is 13.8 Å². The minimum Gasteiger partial charge on any atom is -0.507 e. The van der Waals surface area contributed by atoms with Crippen LogP contribution in [0.4, 0.5) is 0 Å². The first-order chi connectivity index (χ1) is 14.4. The Labute approximate surface area is 174 Å². The van der Waals surface area contributed by atoms with Gasteiger partial charge in [0, 0.05) is 31.3 Å². The third-order valence-electron chi connectivity index (χ3n) is 5.20. The zero-order valence-electron chi connectivity index (χ0n) is 17.3. The van der Waals surface area contributed by atoms with Crippen molar-refractivity contribution < 1.29 is 28.5 Å². The minimum absolute atomic E-state index is 0.0661. The summed E-state index contributed by atoms with van der Waals surface area (Å²) in [5.41, 5.74) is -1.63. The van der Waals surface area contributed by atoms with E-state index in [1.165, 1.54) is 12.1 Å². The van der Waals surface area contributed by atoms with Crippen LogP contribution in [0.3, 0.4) is 0 Å². The Kier molecular flexibility index (Phi) is 7.33. The molecule has 3 heterocycles. The van der Waals surface area contributed by atoms with Crippen molar-refractivity contribution in [1.29, 1.82) is 0 Å². The molecule has 0 aromatic carbocycles. The van der Waals surface area contributed by atoms with Crippen molar-refractivity contribution in [1.82, 2.24) is 0 Å². The average Bonchev–Trinajstić information content (AvgIpc) is 2.66. The molecule has 1 fully saturated rings. The topological polar surface area (TPSA) is 119 Å². The summed E-state index contributed by atoms with van der Waals surface area (Å²) in [5, 5.41) is 20.8. The zero-order valence-corrected chi connectivity index (χ0v) is 17.3. The smallest absolute Gasteiger partial charge is 0.343 e. The molecule has 0 aliphatic carbocycles. The Morgan fingerprint density at radius 3 is 2.10 bits per heavy atom. The van der Waals surface area contributed by atoms with Crippen molar-refractivity contribution in [2.75, 3.05) is 13.2 Å². The van der Waals surface area contributed by atoms with Crippen molar-refractivity contribution in [3.8, 4) is 11.5 Å². The average molecular weight is 420 g/mol. The van der Waals surface area contributed by atoms with Crippen LogP contribution in [0.25, 0.3) is 0 Å². The van der Waals surface area contributed by atoms with Gasteiger partial charge in [-0.15, -0.1) is 0 Å². The minimum atomic E-state index is -0.871. The fourth-order valence-electron chi connectivity index (χ4n) is 3.79. The normalized spacial score (nSPS) is 16.8. The van der Waals surface area contributed by atoms with E-state index in [0.29, 0.717) is 32.5 Å². The molecule has 0 amide bonds. The van der Waals surface area contributed by atoms with Crippen molar-refractivity contribution in [2.24, 2.45) is 0 Å². The monoisotopic (exact) mass is 420 g/mol. The lowest BCUT2D eigenvalue weighted by Gasteiger charge is -2.23. The summed E-state index contributed by atoms with van der Waals surface area (Å²) in [4.78, 5) is 25.0. The first-order valence-electron chi connectivity index (χ1n) is 10.3. The van der Waals surface area contributed by atoms with Gasteiger partial charge in [-0.3, -0.25) is 0 Å². The molecule has 3 rings (SSSR count). The summed E-state index contributed by atoms with van der Waals surface area (Å²) in [6.45, 7) is 4.27. The van der Waals surface area contributed by atoms with Crippen molar-refractivity contribution in [3.63, 3.8) is 0 Å². The van der Waals surface area contributed by atoms with Crippen molar-refractivity contribution >= 4 is 0 Å². The Balaban J connectivity index is 1.79. The Morgan fingerprint density at radius 2 is 1.60 bits per heavy atom. The van der Waals surface area contributed by atoms with E-state index < -0.39 is 17.2 Å². The number of unbranched alkanes of at least 4 members (excludes halogenated alkanes) is 1. The van der Waals surface area contributed by atoms with Crippen LogP contribution in [0.1, 0.15) is 67.1 Å². The molecule has 0 radical (unpaired) electrons. The van der Waals surface area contributed by atoms with Crippen LogP contribution >= 0.6 is 0 Å². The first kappa shape index (κ1) is 22.1. The molecule has 1 saturated heterocycles. The standard InChI is InChI=1S/C22H28O8/c1-13-11-16(23)19(21(25)29-13)15(20-17(24)12-14(2)30-22(20)26)7-3-5-9-27-18-8-4-6-10-28-18/h11-12,15,18,23-24H,3-10H2,1-2H3. The largest absolute Gasteiger partial charge is 0.507 e. The van der Waals surface area contributed by atoms with E-state index in [9.17, 15) is 19.8 Å². The second-order valence-corrected chi connectivity index (χ2v) is 7.60. The van der Waals surface area contributed by atoms with Crippen molar-refractivity contribution in [3.05, 3.63) is 55.6 Å². The fourth-order valence-corrected chi connectivity index (χ4v) is 3.79. The molecular formula is C22H28O8. The molecule has 2 aromatic heterocycles. The molecule has 1 aliphatic heterocycles. The Morgan fingerprint density at radius 1 is 1.00 bits per heavy atom. The summed E-state index contributed by atoms with van der Waals surface area (Å²) < 4.78 is 21.5. The molecule has 2 aromatic rings. The third-order valence-corrected chi connectivity index (χ3v) is 5.20. The highest BCUT2D eigenvalue weighted by Crippen LogP contribution is 2.36. The summed E-state index contributed by atoms with van der Waals surface area (Å²) in [6.07, 6.45) is 4.38. The van der Waals surface area contributed by atoms with Crippen LogP contribution in [0.2, 0.25) is 0 Å². The van der Waals surface area contributed by atoms with Gasteiger partial charge in [-0.05, 0) is 46.0 Å². The Hall–Kier alpha value is -2.58. The van der Waals surface area contributed by atoms with Crippen LogP contribution in [-0.4, -0.2) is 29.7 Å². The fraction of sp³-hybridized carbons (Fsp3) is 0.545. The molecule has 8 nitrogen and oxygen atoms in total. The lowest BCUT2D eigenvalue weighted by molar-refractivity contribution is -0.162. The quantitative estimate of drug-likeness (QED) is 0.623. The number of hydrogen-bond donors (Lipinski definition) is 2. The van der Waals surface area contributed by atoms with Gasteiger partial charge in [0.25, 0.3) is 0 Å². The highest BCUT2D eigenvalue weighted by atomic mass is 16.7. The second-order valence-electron chi connectivity index (χ2n) is 7.60. The summed E-state index contributed by atoms with van der Waals surface area (Å²) >= 11 is 0. The first-order valence-corrected chi connectivity index (χ1v) is 10.3. The second kappa shape index (κ2) is 9.95. The van der Waals surface area contributed by atoms with Crippen molar-refractivity contribution in [2.45, 2.75) is 64.6 Å². The van der Waals surface area contributed by atoms with Crippen LogP contribution in [0.15, 0.2) is 30.6 Å².